The summed E-state index contributed by atoms with van der Waals surface area (Å²) in [5.41, 5.74) is -0.874. The number of anilines is 1. The first-order valence-electron chi connectivity index (χ1n) is 6.42. The summed E-state index contributed by atoms with van der Waals surface area (Å²) in [5, 5.41) is 10.9. The monoisotopic (exact) mass is 320 g/mol. The number of ether oxygens (including phenoxy) is 1. The van der Waals surface area contributed by atoms with Gasteiger partial charge in [-0.2, -0.15) is 18.4 Å². The zero-order valence-corrected chi connectivity index (χ0v) is 11.9. The minimum atomic E-state index is -4.64. The first kappa shape index (κ1) is 16.4. The molecule has 0 radical (unpaired) electrons. The van der Waals surface area contributed by atoms with Crippen molar-refractivity contribution in [2.45, 2.75) is 6.18 Å². The fourth-order valence-corrected chi connectivity index (χ4v) is 1.88. The van der Waals surface area contributed by atoms with Gasteiger partial charge in [-0.15, -0.1) is 0 Å². The van der Waals surface area contributed by atoms with Crippen molar-refractivity contribution in [3.63, 3.8) is 0 Å². The third kappa shape index (κ3) is 3.80. The topological polar surface area (TPSA) is 62.1 Å². The smallest absolute Gasteiger partial charge is 0.418 e. The molecular weight excluding hydrogens is 309 g/mol. The van der Waals surface area contributed by atoms with Crippen molar-refractivity contribution in [3.8, 4) is 11.8 Å². The molecule has 1 amide bonds. The predicted octanol–water partition coefficient (Wildman–Crippen LogP) is 3.84. The molecule has 23 heavy (non-hydrogen) atoms. The van der Waals surface area contributed by atoms with Gasteiger partial charge in [0.25, 0.3) is 5.91 Å². The lowest BCUT2D eigenvalue weighted by molar-refractivity contribution is -0.137. The van der Waals surface area contributed by atoms with Crippen molar-refractivity contribution < 1.29 is 22.7 Å². The summed E-state index contributed by atoms with van der Waals surface area (Å²) in [6.07, 6.45) is -4.64. The van der Waals surface area contributed by atoms with E-state index in [0.717, 1.165) is 12.1 Å². The van der Waals surface area contributed by atoms with E-state index in [0.29, 0.717) is 5.56 Å². The SMILES string of the molecule is COc1ccc(NC(=O)c2ccc(C#N)cc2)c(C(F)(F)F)c1. The first-order valence-corrected chi connectivity index (χ1v) is 6.42. The number of rotatable bonds is 3. The standard InChI is InChI=1S/C16H11F3N2O2/c1-23-12-6-7-14(13(8-12)16(17,18)19)21-15(22)11-4-2-10(9-20)3-5-11/h2-8H,1H3,(H,21,22). The Morgan fingerprint density at radius 1 is 1.17 bits per heavy atom. The van der Waals surface area contributed by atoms with Gasteiger partial charge in [0.2, 0.25) is 0 Å². The highest BCUT2D eigenvalue weighted by molar-refractivity contribution is 6.04. The minimum Gasteiger partial charge on any atom is -0.497 e. The Labute approximate surface area is 130 Å². The van der Waals surface area contributed by atoms with Crippen LogP contribution >= 0.6 is 0 Å². The summed E-state index contributed by atoms with van der Waals surface area (Å²) in [5.74, 6) is -0.668. The van der Waals surface area contributed by atoms with Gasteiger partial charge in [-0.05, 0) is 42.5 Å². The largest absolute Gasteiger partial charge is 0.497 e. The molecule has 118 valence electrons. The lowest BCUT2D eigenvalue weighted by atomic mass is 10.1. The van der Waals surface area contributed by atoms with Gasteiger partial charge in [-0.1, -0.05) is 0 Å². The van der Waals surface area contributed by atoms with Crippen LogP contribution in [0, 0.1) is 11.3 Å². The highest BCUT2D eigenvalue weighted by Gasteiger charge is 2.34. The van der Waals surface area contributed by atoms with Gasteiger partial charge in [-0.3, -0.25) is 4.79 Å². The van der Waals surface area contributed by atoms with E-state index in [-0.39, 0.29) is 17.0 Å². The van der Waals surface area contributed by atoms with Gasteiger partial charge in [0.15, 0.2) is 0 Å². The second-order valence-electron chi connectivity index (χ2n) is 4.55. The van der Waals surface area contributed by atoms with E-state index in [1.807, 2.05) is 6.07 Å². The van der Waals surface area contributed by atoms with Gasteiger partial charge in [0.1, 0.15) is 5.75 Å². The number of carbonyl (C=O) groups is 1. The number of halogens is 3. The van der Waals surface area contributed by atoms with Crippen LogP contribution in [0.1, 0.15) is 21.5 Å². The number of alkyl halides is 3. The Hall–Kier alpha value is -3.01. The summed E-state index contributed by atoms with van der Waals surface area (Å²) in [6, 6.07) is 10.7. The number of hydrogen-bond acceptors (Lipinski definition) is 3. The van der Waals surface area contributed by atoms with E-state index in [1.54, 1.807) is 0 Å². The number of amides is 1. The molecule has 7 heteroatoms. The molecule has 0 aromatic heterocycles. The molecule has 0 aliphatic heterocycles. The number of carbonyl (C=O) groups excluding carboxylic acids is 1. The second-order valence-corrected chi connectivity index (χ2v) is 4.55. The molecular formula is C16H11F3N2O2. The average molecular weight is 320 g/mol. The summed E-state index contributed by atoms with van der Waals surface area (Å²) in [7, 11) is 1.25. The summed E-state index contributed by atoms with van der Waals surface area (Å²) < 4.78 is 44.0. The Morgan fingerprint density at radius 3 is 2.35 bits per heavy atom. The van der Waals surface area contributed by atoms with Crippen molar-refractivity contribution in [2.75, 3.05) is 12.4 Å². The Balaban J connectivity index is 2.31. The molecule has 0 aliphatic carbocycles. The van der Waals surface area contributed by atoms with Crippen LogP contribution in [0.25, 0.3) is 0 Å². The van der Waals surface area contributed by atoms with E-state index in [1.165, 1.54) is 37.4 Å². The summed E-state index contributed by atoms with van der Waals surface area (Å²) in [6.45, 7) is 0. The first-order chi connectivity index (χ1) is 10.8. The van der Waals surface area contributed by atoms with Crippen LogP contribution in [0.3, 0.4) is 0 Å². The molecule has 2 rings (SSSR count). The third-order valence-electron chi connectivity index (χ3n) is 3.06. The molecule has 2 aromatic carbocycles. The van der Waals surface area contributed by atoms with E-state index >= 15 is 0 Å². The number of hydrogen-bond donors (Lipinski definition) is 1. The van der Waals surface area contributed by atoms with Gasteiger partial charge < -0.3 is 10.1 Å². The fourth-order valence-electron chi connectivity index (χ4n) is 1.88. The van der Waals surface area contributed by atoms with E-state index in [4.69, 9.17) is 10.00 Å². The van der Waals surface area contributed by atoms with Crippen LogP contribution in [-0.4, -0.2) is 13.0 Å². The number of nitrogens with zero attached hydrogens (tertiary/aromatic N) is 1. The summed E-state index contributed by atoms with van der Waals surface area (Å²) in [4.78, 5) is 12.1. The van der Waals surface area contributed by atoms with Gasteiger partial charge >= 0.3 is 6.18 Å². The molecule has 0 fully saturated rings. The van der Waals surface area contributed by atoms with E-state index in [9.17, 15) is 18.0 Å². The predicted molar refractivity (Wildman–Crippen MR) is 77.1 cm³/mol. The quantitative estimate of drug-likeness (QED) is 0.934. The lowest BCUT2D eigenvalue weighted by Crippen LogP contribution is -2.16. The maximum absolute atomic E-state index is 13.1. The fraction of sp³-hybridized carbons (Fsp3) is 0.125. The summed E-state index contributed by atoms with van der Waals surface area (Å²) >= 11 is 0. The van der Waals surface area contributed by atoms with Crippen LogP contribution in [-0.2, 0) is 6.18 Å². The third-order valence-corrected chi connectivity index (χ3v) is 3.06. The number of nitrogens with one attached hydrogen (secondary N) is 1. The van der Waals surface area contributed by atoms with Crippen LogP contribution in [0.4, 0.5) is 18.9 Å². The molecule has 0 heterocycles. The molecule has 1 N–H and O–H groups in total. The highest BCUT2D eigenvalue weighted by Crippen LogP contribution is 2.37. The van der Waals surface area contributed by atoms with E-state index < -0.39 is 17.6 Å². The lowest BCUT2D eigenvalue weighted by Gasteiger charge is -2.15. The molecule has 0 saturated carbocycles. The Bertz CT molecular complexity index is 762. The molecule has 0 bridgehead atoms. The number of methoxy groups -OCH3 is 1. The molecule has 0 atom stereocenters. The van der Waals surface area contributed by atoms with Crippen molar-refractivity contribution in [1.29, 1.82) is 5.26 Å². The van der Waals surface area contributed by atoms with Crippen molar-refractivity contribution in [3.05, 3.63) is 59.2 Å². The molecule has 4 nitrogen and oxygen atoms in total. The van der Waals surface area contributed by atoms with Gasteiger partial charge in [-0.25, -0.2) is 0 Å². The average Bonchev–Trinajstić information content (AvgIpc) is 2.54. The molecule has 2 aromatic rings. The molecule has 0 aliphatic rings. The zero-order valence-electron chi connectivity index (χ0n) is 11.9. The van der Waals surface area contributed by atoms with Crippen molar-refractivity contribution in [1.82, 2.24) is 0 Å². The number of nitriles is 1. The van der Waals surface area contributed by atoms with Crippen LogP contribution < -0.4 is 10.1 Å². The molecule has 0 unspecified atom stereocenters. The molecule has 0 spiro atoms. The Kier molecular flexibility index (Phi) is 4.55. The zero-order chi connectivity index (χ0) is 17.0. The number of benzene rings is 2. The highest BCUT2D eigenvalue weighted by atomic mass is 19.4. The van der Waals surface area contributed by atoms with E-state index in [2.05, 4.69) is 5.32 Å². The van der Waals surface area contributed by atoms with Crippen LogP contribution in [0.2, 0.25) is 0 Å². The van der Waals surface area contributed by atoms with Crippen molar-refractivity contribution in [2.24, 2.45) is 0 Å². The van der Waals surface area contributed by atoms with Gasteiger partial charge in [0.05, 0.1) is 30.0 Å². The maximum Gasteiger partial charge on any atom is 0.418 e. The van der Waals surface area contributed by atoms with Gasteiger partial charge in [0, 0.05) is 5.56 Å². The maximum atomic E-state index is 13.1. The Morgan fingerprint density at radius 2 is 1.83 bits per heavy atom. The second kappa shape index (κ2) is 6.40. The molecule has 0 saturated heterocycles. The van der Waals surface area contributed by atoms with Crippen LogP contribution in [0.15, 0.2) is 42.5 Å². The normalized spacial score (nSPS) is 10.7. The van der Waals surface area contributed by atoms with Crippen LogP contribution in [0.5, 0.6) is 5.75 Å². The minimum absolute atomic E-state index is 0.0358. The van der Waals surface area contributed by atoms with Crippen molar-refractivity contribution >= 4 is 11.6 Å².